The first-order valence-electron chi connectivity index (χ1n) is 7.63. The van der Waals surface area contributed by atoms with Gasteiger partial charge in [0.25, 0.3) is 0 Å². The number of hydrogen-bond acceptors (Lipinski definition) is 4. The molecular weight excluding hydrogens is 318 g/mol. The molecule has 0 saturated carbocycles. The summed E-state index contributed by atoms with van der Waals surface area (Å²) in [6, 6.07) is 17.7. The van der Waals surface area contributed by atoms with Crippen molar-refractivity contribution in [2.45, 2.75) is 6.92 Å². The Hall–Kier alpha value is -3.54. The molecule has 0 radical (unpaired) electrons. The van der Waals surface area contributed by atoms with Gasteiger partial charge in [0, 0.05) is 24.2 Å². The Morgan fingerprint density at radius 1 is 0.960 bits per heavy atom. The van der Waals surface area contributed by atoms with Crippen molar-refractivity contribution in [3.63, 3.8) is 0 Å². The summed E-state index contributed by atoms with van der Waals surface area (Å²) in [6.07, 6.45) is 1.31. The van der Waals surface area contributed by atoms with Crippen LogP contribution in [0.2, 0.25) is 0 Å². The maximum atomic E-state index is 12.9. The second-order valence-corrected chi connectivity index (χ2v) is 5.38. The minimum Gasteiger partial charge on any atom is -0.288 e. The van der Waals surface area contributed by atoms with E-state index >= 15 is 0 Å². The molecule has 6 heteroatoms. The van der Waals surface area contributed by atoms with Crippen LogP contribution in [0.1, 0.15) is 22.8 Å². The molecule has 0 aliphatic heterocycles. The van der Waals surface area contributed by atoms with Gasteiger partial charge in [-0.05, 0) is 0 Å². The van der Waals surface area contributed by atoms with Crippen molar-refractivity contribution in [1.29, 1.82) is 0 Å². The molecule has 1 amide bonds. The van der Waals surface area contributed by atoms with Crippen molar-refractivity contribution in [1.82, 2.24) is 9.66 Å². The van der Waals surface area contributed by atoms with Crippen molar-refractivity contribution in [3.8, 4) is 11.3 Å². The predicted molar refractivity (Wildman–Crippen MR) is 93.8 cm³/mol. The van der Waals surface area contributed by atoms with Gasteiger partial charge >= 0.3 is 5.69 Å². The van der Waals surface area contributed by atoms with Gasteiger partial charge in [0.1, 0.15) is 0 Å². The SMILES string of the molecule is CC(=O)Nn1cc(C(=O)c2ccccc2)c(-c2ccccc2)nc1=O. The van der Waals surface area contributed by atoms with Crippen LogP contribution in [-0.2, 0) is 4.79 Å². The number of carbonyl (C=O) groups is 2. The quantitative estimate of drug-likeness (QED) is 0.743. The molecule has 2 aromatic carbocycles. The van der Waals surface area contributed by atoms with Crippen LogP contribution in [0.25, 0.3) is 11.3 Å². The molecule has 3 aromatic rings. The lowest BCUT2D eigenvalue weighted by Crippen LogP contribution is -2.34. The Morgan fingerprint density at radius 2 is 1.56 bits per heavy atom. The molecule has 0 atom stereocenters. The van der Waals surface area contributed by atoms with Crippen molar-refractivity contribution in [2.75, 3.05) is 5.43 Å². The highest BCUT2D eigenvalue weighted by Gasteiger charge is 2.19. The third kappa shape index (κ3) is 3.53. The smallest absolute Gasteiger partial charge is 0.288 e. The van der Waals surface area contributed by atoms with Crippen LogP contribution in [0.15, 0.2) is 71.7 Å². The van der Waals surface area contributed by atoms with E-state index in [1.54, 1.807) is 48.5 Å². The highest BCUT2D eigenvalue weighted by Crippen LogP contribution is 2.22. The number of aromatic nitrogens is 2. The van der Waals surface area contributed by atoms with Gasteiger partial charge in [-0.2, -0.15) is 4.98 Å². The lowest BCUT2D eigenvalue weighted by molar-refractivity contribution is -0.115. The van der Waals surface area contributed by atoms with Crippen molar-refractivity contribution < 1.29 is 9.59 Å². The highest BCUT2D eigenvalue weighted by atomic mass is 16.2. The van der Waals surface area contributed by atoms with Crippen LogP contribution in [0, 0.1) is 0 Å². The fourth-order valence-electron chi connectivity index (χ4n) is 2.43. The number of hydrogen-bond donors (Lipinski definition) is 1. The second-order valence-electron chi connectivity index (χ2n) is 5.38. The van der Waals surface area contributed by atoms with E-state index in [2.05, 4.69) is 10.4 Å². The van der Waals surface area contributed by atoms with Crippen molar-refractivity contribution in [2.24, 2.45) is 0 Å². The monoisotopic (exact) mass is 333 g/mol. The molecule has 0 aliphatic rings. The summed E-state index contributed by atoms with van der Waals surface area (Å²) >= 11 is 0. The molecule has 0 bridgehead atoms. The Balaban J connectivity index is 2.21. The average molecular weight is 333 g/mol. The van der Waals surface area contributed by atoms with E-state index in [9.17, 15) is 14.4 Å². The summed E-state index contributed by atoms with van der Waals surface area (Å²) in [4.78, 5) is 40.4. The molecular formula is C19H15N3O3. The first-order chi connectivity index (χ1) is 12.1. The van der Waals surface area contributed by atoms with Gasteiger partial charge in [0.2, 0.25) is 5.91 Å². The number of nitrogens with one attached hydrogen (secondary N) is 1. The molecule has 0 fully saturated rings. The molecule has 6 nitrogen and oxygen atoms in total. The Morgan fingerprint density at radius 3 is 2.16 bits per heavy atom. The lowest BCUT2D eigenvalue weighted by atomic mass is 9.99. The molecule has 1 N–H and O–H groups in total. The van der Waals surface area contributed by atoms with Gasteiger partial charge in [0.05, 0.1) is 11.3 Å². The average Bonchev–Trinajstić information content (AvgIpc) is 2.63. The summed E-state index contributed by atoms with van der Waals surface area (Å²) in [6.45, 7) is 1.27. The normalized spacial score (nSPS) is 10.3. The maximum Gasteiger partial charge on any atom is 0.367 e. The fraction of sp³-hybridized carbons (Fsp3) is 0.0526. The fourth-order valence-corrected chi connectivity index (χ4v) is 2.43. The molecule has 1 heterocycles. The number of nitrogens with zero attached hydrogens (tertiary/aromatic N) is 2. The zero-order chi connectivity index (χ0) is 17.8. The minimum atomic E-state index is -0.668. The molecule has 0 unspecified atom stereocenters. The zero-order valence-corrected chi connectivity index (χ0v) is 13.5. The van der Waals surface area contributed by atoms with Gasteiger partial charge < -0.3 is 0 Å². The predicted octanol–water partition coefficient (Wildman–Crippen LogP) is 2.23. The number of benzene rings is 2. The second kappa shape index (κ2) is 6.92. The molecule has 1 aromatic heterocycles. The third-order valence-corrected chi connectivity index (χ3v) is 3.53. The number of rotatable bonds is 4. The lowest BCUT2D eigenvalue weighted by Gasteiger charge is -2.12. The van der Waals surface area contributed by atoms with Gasteiger partial charge in [-0.25, -0.2) is 9.47 Å². The van der Waals surface area contributed by atoms with E-state index in [-0.39, 0.29) is 17.0 Å². The molecule has 3 rings (SSSR count). The summed E-state index contributed by atoms with van der Waals surface area (Å²) in [5.74, 6) is -0.722. The van der Waals surface area contributed by atoms with Crippen LogP contribution >= 0.6 is 0 Å². The number of ketones is 1. The van der Waals surface area contributed by atoms with Gasteiger partial charge in [-0.3, -0.25) is 15.0 Å². The van der Waals surface area contributed by atoms with Crippen LogP contribution in [0.4, 0.5) is 0 Å². The minimum absolute atomic E-state index is 0.228. The van der Waals surface area contributed by atoms with Crippen molar-refractivity contribution in [3.05, 3.63) is 88.5 Å². The summed E-state index contributed by atoms with van der Waals surface area (Å²) in [5, 5.41) is 0. The number of carbonyl (C=O) groups excluding carboxylic acids is 2. The molecule has 0 spiro atoms. The summed E-state index contributed by atoms with van der Waals surface area (Å²) in [7, 11) is 0. The molecule has 0 saturated heterocycles. The Kier molecular flexibility index (Phi) is 4.52. The zero-order valence-electron chi connectivity index (χ0n) is 13.5. The van der Waals surface area contributed by atoms with E-state index in [1.807, 2.05) is 12.1 Å². The Labute approximate surface area is 143 Å². The molecule has 124 valence electrons. The van der Waals surface area contributed by atoms with E-state index in [4.69, 9.17) is 0 Å². The Bertz CT molecular complexity index is 980. The maximum absolute atomic E-state index is 12.9. The van der Waals surface area contributed by atoms with Gasteiger partial charge in [-0.1, -0.05) is 60.7 Å². The molecule has 25 heavy (non-hydrogen) atoms. The van der Waals surface area contributed by atoms with E-state index in [0.29, 0.717) is 11.1 Å². The van der Waals surface area contributed by atoms with Crippen LogP contribution in [0.3, 0.4) is 0 Å². The topological polar surface area (TPSA) is 81.1 Å². The highest BCUT2D eigenvalue weighted by molar-refractivity contribution is 6.12. The summed E-state index contributed by atoms with van der Waals surface area (Å²) < 4.78 is 0.922. The first-order valence-corrected chi connectivity index (χ1v) is 7.63. The van der Waals surface area contributed by atoms with Crippen LogP contribution < -0.4 is 11.1 Å². The standard InChI is InChI=1S/C19H15N3O3/c1-13(23)21-22-12-16(18(24)15-10-6-3-7-11-15)17(20-19(22)25)14-8-4-2-5-9-14/h2-12H,1H3,(H,21,23). The largest absolute Gasteiger partial charge is 0.367 e. The summed E-state index contributed by atoms with van der Waals surface area (Å²) in [5.41, 5.74) is 3.30. The van der Waals surface area contributed by atoms with Crippen LogP contribution in [0.5, 0.6) is 0 Å². The van der Waals surface area contributed by atoms with E-state index in [0.717, 1.165) is 4.68 Å². The van der Waals surface area contributed by atoms with E-state index < -0.39 is 11.6 Å². The first kappa shape index (κ1) is 16.3. The molecule has 0 aliphatic carbocycles. The van der Waals surface area contributed by atoms with Gasteiger partial charge in [0.15, 0.2) is 5.78 Å². The van der Waals surface area contributed by atoms with E-state index in [1.165, 1.54) is 13.1 Å². The number of amides is 1. The van der Waals surface area contributed by atoms with Gasteiger partial charge in [-0.15, -0.1) is 0 Å². The van der Waals surface area contributed by atoms with Crippen LogP contribution in [-0.4, -0.2) is 21.4 Å². The van der Waals surface area contributed by atoms with Crippen molar-refractivity contribution >= 4 is 11.7 Å². The third-order valence-electron chi connectivity index (χ3n) is 3.53.